The Hall–Kier alpha value is -2.54. The lowest BCUT2D eigenvalue weighted by Gasteiger charge is -2.14. The Bertz CT molecular complexity index is 762. The van der Waals surface area contributed by atoms with Crippen molar-refractivity contribution in [1.82, 2.24) is 0 Å². The molecule has 0 aliphatic rings. The third-order valence-corrected chi connectivity index (χ3v) is 3.81. The van der Waals surface area contributed by atoms with E-state index in [2.05, 4.69) is 21.2 Å². The van der Waals surface area contributed by atoms with Gasteiger partial charge in [-0.05, 0) is 56.3 Å². The number of amides is 1. The first-order valence-electron chi connectivity index (χ1n) is 7.70. The number of halogens is 1. The zero-order valence-electron chi connectivity index (χ0n) is 13.9. The summed E-state index contributed by atoms with van der Waals surface area (Å²) in [6.45, 7) is 3.96. The second kappa shape index (κ2) is 8.53. The maximum absolute atomic E-state index is 12.2. The largest absolute Gasteiger partial charge is 0.494 e. The number of esters is 1. The van der Waals surface area contributed by atoms with Gasteiger partial charge in [-0.15, -0.1) is 0 Å². The van der Waals surface area contributed by atoms with Crippen molar-refractivity contribution in [1.29, 1.82) is 0 Å². The van der Waals surface area contributed by atoms with E-state index in [0.717, 1.165) is 0 Å². The van der Waals surface area contributed by atoms with Gasteiger partial charge >= 0.3 is 5.97 Å². The molecule has 0 saturated heterocycles. The Morgan fingerprint density at radius 1 is 1.20 bits per heavy atom. The second-order valence-electron chi connectivity index (χ2n) is 5.23. The van der Waals surface area contributed by atoms with Gasteiger partial charge in [-0.2, -0.15) is 0 Å². The molecule has 0 aliphatic carbocycles. The van der Waals surface area contributed by atoms with Crippen molar-refractivity contribution in [2.75, 3.05) is 17.7 Å². The van der Waals surface area contributed by atoms with E-state index in [4.69, 9.17) is 15.2 Å². The van der Waals surface area contributed by atoms with E-state index < -0.39 is 18.0 Å². The number of nitrogens with two attached hydrogens (primary N) is 1. The van der Waals surface area contributed by atoms with Gasteiger partial charge in [-0.25, -0.2) is 4.79 Å². The molecule has 0 saturated carbocycles. The van der Waals surface area contributed by atoms with Crippen LogP contribution in [0.25, 0.3) is 0 Å². The SMILES string of the molecule is CCOc1ccc(NC(=O)C(C)OC(=O)c2cc(Br)ccc2N)cc1. The summed E-state index contributed by atoms with van der Waals surface area (Å²) in [5.41, 5.74) is 6.84. The minimum atomic E-state index is -0.975. The average Bonchev–Trinajstić information content (AvgIpc) is 2.58. The fourth-order valence-electron chi connectivity index (χ4n) is 2.03. The van der Waals surface area contributed by atoms with E-state index in [1.165, 1.54) is 6.92 Å². The van der Waals surface area contributed by atoms with Gasteiger partial charge in [0.05, 0.1) is 12.2 Å². The molecule has 0 spiro atoms. The molecule has 3 N–H and O–H groups in total. The van der Waals surface area contributed by atoms with Crippen molar-refractivity contribution in [2.24, 2.45) is 0 Å². The normalized spacial score (nSPS) is 11.5. The summed E-state index contributed by atoms with van der Waals surface area (Å²) < 4.78 is 11.2. The maximum atomic E-state index is 12.2. The predicted octanol–water partition coefficient (Wildman–Crippen LogP) is 3.61. The number of rotatable bonds is 6. The monoisotopic (exact) mass is 406 g/mol. The van der Waals surface area contributed by atoms with Crippen LogP contribution in [-0.4, -0.2) is 24.6 Å². The van der Waals surface area contributed by atoms with Crippen molar-refractivity contribution in [3.05, 3.63) is 52.5 Å². The number of carbonyl (C=O) groups is 2. The first kappa shape index (κ1) is 18.8. The van der Waals surface area contributed by atoms with Gasteiger partial charge in [-0.3, -0.25) is 4.79 Å². The molecular formula is C18H19BrN2O4. The molecule has 0 aliphatic heterocycles. The number of hydrogen-bond acceptors (Lipinski definition) is 5. The Kier molecular flexibility index (Phi) is 6.41. The Morgan fingerprint density at radius 3 is 2.52 bits per heavy atom. The minimum absolute atomic E-state index is 0.204. The number of nitrogens with one attached hydrogen (secondary N) is 1. The number of carbonyl (C=O) groups excluding carboxylic acids is 2. The fraction of sp³-hybridized carbons (Fsp3) is 0.222. The lowest BCUT2D eigenvalue weighted by molar-refractivity contribution is -0.123. The number of benzene rings is 2. The van der Waals surface area contributed by atoms with Gasteiger partial charge in [0, 0.05) is 15.8 Å². The molecule has 2 aromatic rings. The van der Waals surface area contributed by atoms with E-state index in [1.54, 1.807) is 42.5 Å². The average molecular weight is 407 g/mol. The van der Waals surface area contributed by atoms with E-state index in [9.17, 15) is 9.59 Å². The third kappa shape index (κ3) is 5.22. The second-order valence-corrected chi connectivity index (χ2v) is 6.14. The van der Waals surface area contributed by atoms with Crippen LogP contribution in [0.3, 0.4) is 0 Å². The van der Waals surface area contributed by atoms with Crippen molar-refractivity contribution in [3.8, 4) is 5.75 Å². The number of hydrogen-bond donors (Lipinski definition) is 2. The van der Waals surface area contributed by atoms with Crippen LogP contribution in [0.4, 0.5) is 11.4 Å². The zero-order chi connectivity index (χ0) is 18.4. The van der Waals surface area contributed by atoms with Crippen molar-refractivity contribution in [3.63, 3.8) is 0 Å². The van der Waals surface area contributed by atoms with Crippen LogP contribution in [0, 0.1) is 0 Å². The highest BCUT2D eigenvalue weighted by atomic mass is 79.9. The first-order valence-corrected chi connectivity index (χ1v) is 8.49. The lowest BCUT2D eigenvalue weighted by Crippen LogP contribution is -2.30. The van der Waals surface area contributed by atoms with Gasteiger partial charge in [0.25, 0.3) is 5.91 Å². The smallest absolute Gasteiger partial charge is 0.341 e. The third-order valence-electron chi connectivity index (χ3n) is 3.32. The topological polar surface area (TPSA) is 90.6 Å². The molecule has 0 fully saturated rings. The van der Waals surface area contributed by atoms with E-state index in [1.807, 2.05) is 6.92 Å². The predicted molar refractivity (Wildman–Crippen MR) is 99.7 cm³/mol. The van der Waals surface area contributed by atoms with E-state index in [-0.39, 0.29) is 11.3 Å². The molecule has 2 aromatic carbocycles. The van der Waals surface area contributed by atoms with Crippen molar-refractivity contribution < 1.29 is 19.1 Å². The molecule has 0 bridgehead atoms. The van der Waals surface area contributed by atoms with Crippen LogP contribution in [0.15, 0.2) is 46.9 Å². The Balaban J connectivity index is 1.97. The molecule has 1 atom stereocenters. The number of anilines is 2. The molecule has 0 heterocycles. The van der Waals surface area contributed by atoms with Crippen LogP contribution in [0.5, 0.6) is 5.75 Å². The summed E-state index contributed by atoms with van der Waals surface area (Å²) in [5.74, 6) is -0.385. The van der Waals surface area contributed by atoms with Crippen molar-refractivity contribution >= 4 is 39.2 Å². The van der Waals surface area contributed by atoms with Crippen LogP contribution in [0.2, 0.25) is 0 Å². The van der Waals surface area contributed by atoms with Crippen LogP contribution in [0.1, 0.15) is 24.2 Å². The van der Waals surface area contributed by atoms with Gasteiger partial charge in [-0.1, -0.05) is 15.9 Å². The summed E-state index contributed by atoms with van der Waals surface area (Å²) in [7, 11) is 0. The number of ether oxygens (including phenoxy) is 2. The quantitative estimate of drug-likeness (QED) is 0.564. The van der Waals surface area contributed by atoms with Gasteiger partial charge < -0.3 is 20.5 Å². The first-order chi connectivity index (χ1) is 11.9. The molecule has 132 valence electrons. The van der Waals surface area contributed by atoms with E-state index >= 15 is 0 Å². The van der Waals surface area contributed by atoms with Crippen LogP contribution in [-0.2, 0) is 9.53 Å². The Morgan fingerprint density at radius 2 is 1.88 bits per heavy atom. The highest BCUT2D eigenvalue weighted by molar-refractivity contribution is 9.10. The molecular weight excluding hydrogens is 388 g/mol. The molecule has 25 heavy (non-hydrogen) atoms. The zero-order valence-corrected chi connectivity index (χ0v) is 15.5. The molecule has 0 aromatic heterocycles. The fourth-order valence-corrected chi connectivity index (χ4v) is 2.39. The standard InChI is InChI=1S/C18H19BrN2O4/c1-3-24-14-7-5-13(6-8-14)21-17(22)11(2)25-18(23)15-10-12(19)4-9-16(15)20/h4-11H,3,20H2,1-2H3,(H,21,22). The highest BCUT2D eigenvalue weighted by Crippen LogP contribution is 2.20. The number of nitrogen functional groups attached to an aromatic ring is 1. The maximum Gasteiger partial charge on any atom is 0.341 e. The molecule has 6 nitrogen and oxygen atoms in total. The Labute approximate surface area is 154 Å². The molecule has 7 heteroatoms. The molecule has 1 unspecified atom stereocenters. The summed E-state index contributed by atoms with van der Waals surface area (Å²) >= 11 is 3.27. The van der Waals surface area contributed by atoms with Crippen molar-refractivity contribution in [2.45, 2.75) is 20.0 Å². The van der Waals surface area contributed by atoms with Crippen LogP contribution >= 0.6 is 15.9 Å². The lowest BCUT2D eigenvalue weighted by atomic mass is 10.2. The molecule has 1 amide bonds. The molecule has 0 radical (unpaired) electrons. The minimum Gasteiger partial charge on any atom is -0.494 e. The van der Waals surface area contributed by atoms with Gasteiger partial charge in [0.1, 0.15) is 5.75 Å². The van der Waals surface area contributed by atoms with E-state index in [0.29, 0.717) is 22.5 Å². The summed E-state index contributed by atoms with van der Waals surface area (Å²) in [4.78, 5) is 24.4. The van der Waals surface area contributed by atoms with Gasteiger partial charge in [0.15, 0.2) is 6.10 Å². The summed E-state index contributed by atoms with van der Waals surface area (Å²) in [5, 5.41) is 2.68. The highest BCUT2D eigenvalue weighted by Gasteiger charge is 2.20. The molecule has 2 rings (SSSR count). The summed E-state index contributed by atoms with van der Waals surface area (Å²) in [6, 6.07) is 11.8. The summed E-state index contributed by atoms with van der Waals surface area (Å²) in [6.07, 6.45) is -0.975. The van der Waals surface area contributed by atoms with Crippen LogP contribution < -0.4 is 15.8 Å². The van der Waals surface area contributed by atoms with Gasteiger partial charge in [0.2, 0.25) is 0 Å².